The number of nitrogens with zero attached hydrogens (tertiary/aromatic N) is 1. The summed E-state index contributed by atoms with van der Waals surface area (Å²) in [5.74, 6) is -1.01. The van der Waals surface area contributed by atoms with Crippen LogP contribution in [0.5, 0.6) is 5.75 Å². The summed E-state index contributed by atoms with van der Waals surface area (Å²) in [7, 11) is 0.853. The molecule has 0 spiro atoms. The standard InChI is InChI=1S/C8H5ClF5NO/c1-16-6-3(8(12,13)14)2-4(9)15-5(6)7(10)11/h2,7H,1H3. The van der Waals surface area contributed by atoms with Gasteiger partial charge in [0.15, 0.2) is 11.4 Å². The molecule has 2 nitrogen and oxygen atoms in total. The quantitative estimate of drug-likeness (QED) is 0.598. The summed E-state index contributed by atoms with van der Waals surface area (Å²) >= 11 is 5.23. The number of methoxy groups -OCH3 is 1. The van der Waals surface area contributed by atoms with Crippen LogP contribution in [0.1, 0.15) is 17.7 Å². The summed E-state index contributed by atoms with van der Waals surface area (Å²) < 4.78 is 66.4. The van der Waals surface area contributed by atoms with E-state index in [1.54, 1.807) is 0 Å². The van der Waals surface area contributed by atoms with Crippen LogP contribution in [-0.4, -0.2) is 12.1 Å². The lowest BCUT2D eigenvalue weighted by Gasteiger charge is -2.14. The van der Waals surface area contributed by atoms with Gasteiger partial charge in [0.05, 0.1) is 7.11 Å². The van der Waals surface area contributed by atoms with Crippen LogP contribution in [-0.2, 0) is 6.18 Å². The molecule has 0 unspecified atom stereocenters. The van der Waals surface area contributed by atoms with E-state index in [1.165, 1.54) is 0 Å². The smallest absolute Gasteiger partial charge is 0.420 e. The summed E-state index contributed by atoms with van der Waals surface area (Å²) in [4.78, 5) is 3.11. The summed E-state index contributed by atoms with van der Waals surface area (Å²) in [6.07, 6.45) is -8.03. The van der Waals surface area contributed by atoms with Gasteiger partial charge in [0.25, 0.3) is 6.43 Å². The van der Waals surface area contributed by atoms with Crippen molar-refractivity contribution in [3.05, 3.63) is 22.5 Å². The minimum absolute atomic E-state index is 0.437. The normalized spacial score (nSPS) is 12.0. The van der Waals surface area contributed by atoms with E-state index in [2.05, 4.69) is 9.72 Å². The minimum atomic E-state index is -4.83. The molecule has 0 bridgehead atoms. The van der Waals surface area contributed by atoms with E-state index in [9.17, 15) is 22.0 Å². The van der Waals surface area contributed by atoms with Crippen molar-refractivity contribution < 1.29 is 26.7 Å². The molecular formula is C8H5ClF5NO. The highest BCUT2D eigenvalue weighted by atomic mass is 35.5. The van der Waals surface area contributed by atoms with Crippen molar-refractivity contribution in [2.24, 2.45) is 0 Å². The Morgan fingerprint density at radius 1 is 1.38 bits per heavy atom. The number of hydrogen-bond donors (Lipinski definition) is 0. The van der Waals surface area contributed by atoms with Gasteiger partial charge < -0.3 is 4.74 Å². The largest absolute Gasteiger partial charge is 0.494 e. The average molecular weight is 262 g/mol. The molecule has 0 aliphatic rings. The third-order valence-electron chi connectivity index (χ3n) is 1.68. The number of ether oxygens (including phenoxy) is 1. The fourth-order valence-corrected chi connectivity index (χ4v) is 1.29. The molecule has 0 aliphatic heterocycles. The number of halogens is 6. The monoisotopic (exact) mass is 261 g/mol. The van der Waals surface area contributed by atoms with E-state index in [1.807, 2.05) is 0 Å². The lowest BCUT2D eigenvalue weighted by molar-refractivity contribution is -0.139. The second-order valence-corrected chi connectivity index (χ2v) is 3.10. The van der Waals surface area contributed by atoms with E-state index >= 15 is 0 Å². The molecule has 90 valence electrons. The summed E-state index contributed by atoms with van der Waals surface area (Å²) in [5, 5.41) is -0.663. The SMILES string of the molecule is COc1c(C(F)(F)F)cc(Cl)nc1C(F)F. The van der Waals surface area contributed by atoms with Gasteiger partial charge in [-0.2, -0.15) is 13.2 Å². The summed E-state index contributed by atoms with van der Waals surface area (Å²) in [6.45, 7) is 0. The molecule has 1 aromatic rings. The first-order valence-electron chi connectivity index (χ1n) is 3.87. The highest BCUT2D eigenvalue weighted by Crippen LogP contribution is 2.41. The third kappa shape index (κ3) is 2.52. The second-order valence-electron chi connectivity index (χ2n) is 2.71. The van der Waals surface area contributed by atoms with E-state index in [-0.39, 0.29) is 0 Å². The molecule has 0 aromatic carbocycles. The molecule has 0 N–H and O–H groups in total. The van der Waals surface area contributed by atoms with Gasteiger partial charge in [-0.05, 0) is 6.07 Å². The lowest BCUT2D eigenvalue weighted by atomic mass is 10.2. The Hall–Kier alpha value is -1.11. The van der Waals surface area contributed by atoms with Crippen LogP contribution in [0.2, 0.25) is 5.15 Å². The Labute approximate surface area is 92.0 Å². The van der Waals surface area contributed by atoms with Gasteiger partial charge in [0.1, 0.15) is 10.7 Å². The topological polar surface area (TPSA) is 22.1 Å². The highest BCUT2D eigenvalue weighted by molar-refractivity contribution is 6.29. The predicted molar refractivity (Wildman–Crippen MR) is 45.8 cm³/mol. The molecular weight excluding hydrogens is 257 g/mol. The second kappa shape index (κ2) is 4.40. The van der Waals surface area contributed by atoms with Gasteiger partial charge >= 0.3 is 6.18 Å². The molecule has 0 saturated heterocycles. The Morgan fingerprint density at radius 2 is 1.94 bits per heavy atom. The van der Waals surface area contributed by atoms with Crippen LogP contribution < -0.4 is 4.74 Å². The molecule has 0 radical (unpaired) electrons. The first-order valence-corrected chi connectivity index (χ1v) is 4.25. The van der Waals surface area contributed by atoms with E-state index in [0.29, 0.717) is 6.07 Å². The van der Waals surface area contributed by atoms with Crippen molar-refractivity contribution in [2.75, 3.05) is 7.11 Å². The molecule has 1 rings (SSSR count). The van der Waals surface area contributed by atoms with Gasteiger partial charge in [-0.3, -0.25) is 0 Å². The zero-order chi connectivity index (χ0) is 12.5. The van der Waals surface area contributed by atoms with E-state index in [0.717, 1.165) is 7.11 Å². The Morgan fingerprint density at radius 3 is 2.31 bits per heavy atom. The zero-order valence-electron chi connectivity index (χ0n) is 7.78. The fraction of sp³-hybridized carbons (Fsp3) is 0.375. The Balaban J connectivity index is 3.49. The molecule has 1 heterocycles. The summed E-state index contributed by atoms with van der Waals surface area (Å²) in [6, 6.07) is 0.437. The van der Waals surface area contributed by atoms with Crippen LogP contribution in [0.15, 0.2) is 6.07 Å². The van der Waals surface area contributed by atoms with Crippen LogP contribution >= 0.6 is 11.6 Å². The van der Waals surface area contributed by atoms with Crippen molar-refractivity contribution in [3.8, 4) is 5.75 Å². The van der Waals surface area contributed by atoms with Gasteiger partial charge in [0.2, 0.25) is 0 Å². The number of pyridine rings is 1. The number of rotatable bonds is 2. The fourth-order valence-electron chi connectivity index (χ4n) is 1.09. The van der Waals surface area contributed by atoms with Crippen molar-refractivity contribution in [2.45, 2.75) is 12.6 Å². The van der Waals surface area contributed by atoms with Crippen molar-refractivity contribution in [1.29, 1.82) is 0 Å². The van der Waals surface area contributed by atoms with Gasteiger partial charge in [-0.15, -0.1) is 0 Å². The molecule has 0 saturated carbocycles. The van der Waals surface area contributed by atoms with Crippen molar-refractivity contribution in [3.63, 3.8) is 0 Å². The van der Waals surface area contributed by atoms with Crippen LogP contribution in [0.3, 0.4) is 0 Å². The average Bonchev–Trinajstić information content (AvgIpc) is 2.14. The minimum Gasteiger partial charge on any atom is -0.494 e. The maximum Gasteiger partial charge on any atom is 0.420 e. The van der Waals surface area contributed by atoms with Crippen molar-refractivity contribution >= 4 is 11.6 Å². The number of hydrogen-bond acceptors (Lipinski definition) is 2. The Bertz CT molecular complexity index is 393. The molecule has 16 heavy (non-hydrogen) atoms. The highest BCUT2D eigenvalue weighted by Gasteiger charge is 2.37. The first kappa shape index (κ1) is 13.0. The first-order chi connectivity index (χ1) is 7.27. The van der Waals surface area contributed by atoms with Gasteiger partial charge in [0, 0.05) is 0 Å². The third-order valence-corrected chi connectivity index (χ3v) is 1.88. The molecule has 1 aromatic heterocycles. The number of aromatic nitrogens is 1. The zero-order valence-corrected chi connectivity index (χ0v) is 8.53. The van der Waals surface area contributed by atoms with Gasteiger partial charge in [-0.1, -0.05) is 11.6 Å². The van der Waals surface area contributed by atoms with Crippen LogP contribution in [0.25, 0.3) is 0 Å². The molecule has 0 fully saturated rings. The van der Waals surface area contributed by atoms with Crippen LogP contribution in [0, 0.1) is 0 Å². The van der Waals surface area contributed by atoms with E-state index in [4.69, 9.17) is 11.6 Å². The molecule has 8 heteroatoms. The number of alkyl halides is 5. The molecule has 0 amide bonds. The summed E-state index contributed by atoms with van der Waals surface area (Å²) in [5.41, 5.74) is -2.49. The molecule has 0 aliphatic carbocycles. The van der Waals surface area contributed by atoms with Crippen molar-refractivity contribution in [1.82, 2.24) is 4.98 Å². The molecule has 0 atom stereocenters. The predicted octanol–water partition coefficient (Wildman–Crippen LogP) is 3.70. The Kier molecular flexibility index (Phi) is 3.57. The van der Waals surface area contributed by atoms with Crippen LogP contribution in [0.4, 0.5) is 22.0 Å². The lowest BCUT2D eigenvalue weighted by Crippen LogP contribution is -2.11. The van der Waals surface area contributed by atoms with E-state index < -0.39 is 34.8 Å². The maximum absolute atomic E-state index is 12.4. The maximum atomic E-state index is 12.4. The van der Waals surface area contributed by atoms with Gasteiger partial charge in [-0.25, -0.2) is 13.8 Å².